The van der Waals surface area contributed by atoms with Gasteiger partial charge in [-0.3, -0.25) is 9.48 Å². The van der Waals surface area contributed by atoms with E-state index in [1.54, 1.807) is 6.08 Å². The summed E-state index contributed by atoms with van der Waals surface area (Å²) in [6.45, 7) is 7.27. The first kappa shape index (κ1) is 24.4. The highest BCUT2D eigenvalue weighted by Gasteiger charge is 2.33. The van der Waals surface area contributed by atoms with E-state index in [1.165, 1.54) is 0 Å². The van der Waals surface area contributed by atoms with Gasteiger partial charge in [-0.1, -0.05) is 6.08 Å². The van der Waals surface area contributed by atoms with Gasteiger partial charge in [-0.05, 0) is 50.1 Å². The molecule has 0 saturated carbocycles. The summed E-state index contributed by atoms with van der Waals surface area (Å²) < 4.78 is 54.6. The molecule has 10 heteroatoms. The van der Waals surface area contributed by atoms with Crippen LogP contribution < -0.4 is 5.32 Å². The van der Waals surface area contributed by atoms with E-state index in [-0.39, 0.29) is 24.1 Å². The van der Waals surface area contributed by atoms with Gasteiger partial charge in [0.1, 0.15) is 5.82 Å². The van der Waals surface area contributed by atoms with E-state index >= 15 is 0 Å². The van der Waals surface area contributed by atoms with Crippen LogP contribution in [0.25, 0.3) is 0 Å². The highest BCUT2D eigenvalue weighted by molar-refractivity contribution is 5.94. The minimum atomic E-state index is -4.60. The molecule has 6 nitrogen and oxygen atoms in total. The number of aromatic nitrogens is 2. The zero-order valence-electron chi connectivity index (χ0n) is 19.2. The Labute approximate surface area is 196 Å². The van der Waals surface area contributed by atoms with E-state index in [4.69, 9.17) is 0 Å². The van der Waals surface area contributed by atoms with Crippen molar-refractivity contribution in [3.05, 3.63) is 64.7 Å². The monoisotopic (exact) mass is 479 g/mol. The summed E-state index contributed by atoms with van der Waals surface area (Å²) in [4.78, 5) is 17.3. The molecule has 2 heterocycles. The minimum Gasteiger partial charge on any atom is -0.335 e. The van der Waals surface area contributed by atoms with Crippen LogP contribution in [0.4, 0.5) is 17.6 Å². The number of nitrogens with zero attached hydrogens (tertiary/aromatic N) is 4. The van der Waals surface area contributed by atoms with Gasteiger partial charge < -0.3 is 15.1 Å². The lowest BCUT2D eigenvalue weighted by molar-refractivity contribution is -0.137. The van der Waals surface area contributed by atoms with E-state index < -0.39 is 17.6 Å². The summed E-state index contributed by atoms with van der Waals surface area (Å²) in [5.74, 6) is -1.00. The van der Waals surface area contributed by atoms with Gasteiger partial charge in [0.15, 0.2) is 5.69 Å². The van der Waals surface area contributed by atoms with Crippen molar-refractivity contribution < 1.29 is 22.4 Å². The molecular weight excluding hydrogens is 450 g/mol. The van der Waals surface area contributed by atoms with E-state index in [1.807, 2.05) is 16.6 Å². The second kappa shape index (κ2) is 9.87. The van der Waals surface area contributed by atoms with Gasteiger partial charge in [0.05, 0.1) is 12.1 Å². The molecule has 1 aliphatic heterocycles. The van der Waals surface area contributed by atoms with Gasteiger partial charge in [0.2, 0.25) is 0 Å². The Morgan fingerprint density at radius 1 is 1.24 bits per heavy atom. The average molecular weight is 480 g/mol. The molecule has 0 radical (unpaired) electrons. The number of hydrogen-bond acceptors (Lipinski definition) is 4. The molecule has 1 fully saturated rings. The summed E-state index contributed by atoms with van der Waals surface area (Å²) in [6.07, 6.45) is -0.915. The van der Waals surface area contributed by atoms with Crippen LogP contribution in [0.15, 0.2) is 30.9 Å². The Morgan fingerprint density at radius 2 is 1.97 bits per heavy atom. The zero-order chi connectivity index (χ0) is 24.5. The Bertz CT molecular complexity index is 1060. The smallest absolute Gasteiger partial charge is 0.335 e. The number of carbonyl (C=O) groups is 1. The molecule has 1 aromatic carbocycles. The van der Waals surface area contributed by atoms with Gasteiger partial charge in [0.25, 0.3) is 5.91 Å². The molecule has 1 aromatic heterocycles. The maximum atomic E-state index is 13.7. The summed E-state index contributed by atoms with van der Waals surface area (Å²) in [6, 6.07) is 2.52. The fourth-order valence-corrected chi connectivity index (χ4v) is 4.64. The number of carbonyl (C=O) groups excluding carboxylic acids is 1. The molecule has 184 valence electrons. The van der Waals surface area contributed by atoms with Crippen molar-refractivity contribution in [2.24, 2.45) is 0 Å². The molecule has 2 aliphatic rings. The maximum Gasteiger partial charge on any atom is 0.416 e. The first-order chi connectivity index (χ1) is 16.2. The molecule has 1 saturated heterocycles. The second-order valence-electron chi connectivity index (χ2n) is 9.01. The highest BCUT2D eigenvalue weighted by atomic mass is 19.4. The van der Waals surface area contributed by atoms with E-state index in [9.17, 15) is 22.4 Å². The van der Waals surface area contributed by atoms with Crippen LogP contribution in [-0.4, -0.2) is 64.8 Å². The number of nitrogens with one attached hydrogen (secondary N) is 1. The number of amides is 1. The van der Waals surface area contributed by atoms with Crippen LogP contribution in [0.3, 0.4) is 0 Å². The number of rotatable bonds is 6. The molecule has 1 amide bonds. The van der Waals surface area contributed by atoms with Crippen molar-refractivity contribution in [1.82, 2.24) is 24.9 Å². The summed E-state index contributed by atoms with van der Waals surface area (Å²) in [5, 5.41) is 7.87. The second-order valence-corrected chi connectivity index (χ2v) is 9.01. The standard InChI is InChI=1S/C24H29F4N5O/c1-3-6-33-21-5-4-19(29-15-16-11-17(24(26,27)28)13-18(25)12-16)14-20(21)22(30-33)23(34)32-9-7-31(2)8-10-32/h3,11-13,19,29H,1,4-10,14-15H2,2H3/t19-/m1/s1. The summed E-state index contributed by atoms with van der Waals surface area (Å²) in [7, 11) is 2.02. The normalized spacial score (nSPS) is 19.2. The van der Waals surface area contributed by atoms with Crippen molar-refractivity contribution in [1.29, 1.82) is 0 Å². The van der Waals surface area contributed by atoms with Crippen molar-refractivity contribution in [3.8, 4) is 0 Å². The molecule has 1 N–H and O–H groups in total. The van der Waals surface area contributed by atoms with E-state index in [2.05, 4.69) is 21.9 Å². The highest BCUT2D eigenvalue weighted by Crippen LogP contribution is 2.31. The Hall–Kier alpha value is -2.72. The predicted octanol–water partition coefficient (Wildman–Crippen LogP) is 3.26. The van der Waals surface area contributed by atoms with Gasteiger partial charge in [0, 0.05) is 50.0 Å². The van der Waals surface area contributed by atoms with Crippen LogP contribution in [0, 0.1) is 5.82 Å². The number of piperazine rings is 1. The molecule has 1 aliphatic carbocycles. The van der Waals surface area contributed by atoms with Crippen LogP contribution in [0.1, 0.15) is 39.3 Å². The number of likely N-dealkylation sites (N-methyl/N-ethyl adjacent to an activating group) is 1. The number of hydrogen-bond donors (Lipinski definition) is 1. The topological polar surface area (TPSA) is 53.4 Å². The lowest BCUT2D eigenvalue weighted by Crippen LogP contribution is -2.47. The van der Waals surface area contributed by atoms with Crippen molar-refractivity contribution in [3.63, 3.8) is 0 Å². The van der Waals surface area contributed by atoms with Crippen LogP contribution in [-0.2, 0) is 32.1 Å². The van der Waals surface area contributed by atoms with Crippen molar-refractivity contribution in [2.45, 2.75) is 44.6 Å². The maximum absolute atomic E-state index is 13.7. The van der Waals surface area contributed by atoms with Crippen LogP contribution in [0.5, 0.6) is 0 Å². The molecule has 2 aromatic rings. The molecule has 34 heavy (non-hydrogen) atoms. The van der Waals surface area contributed by atoms with E-state index in [0.717, 1.165) is 42.9 Å². The molecule has 0 spiro atoms. The predicted molar refractivity (Wildman–Crippen MR) is 120 cm³/mol. The zero-order valence-corrected chi connectivity index (χ0v) is 19.2. The fraction of sp³-hybridized carbons (Fsp3) is 0.500. The lowest BCUT2D eigenvalue weighted by atomic mass is 9.90. The lowest BCUT2D eigenvalue weighted by Gasteiger charge is -2.32. The Morgan fingerprint density at radius 3 is 2.65 bits per heavy atom. The summed E-state index contributed by atoms with van der Waals surface area (Å²) in [5.41, 5.74) is 1.55. The molecular formula is C24H29F4N5O. The SMILES string of the molecule is C=CCn1nc(C(=O)N2CCN(C)CC2)c2c1CC[C@@H](NCc1cc(F)cc(C(F)(F)F)c1)C2. The van der Waals surface area contributed by atoms with Gasteiger partial charge >= 0.3 is 6.18 Å². The molecule has 1 atom stereocenters. The van der Waals surface area contributed by atoms with Crippen molar-refractivity contribution >= 4 is 5.91 Å². The summed E-state index contributed by atoms with van der Waals surface area (Å²) >= 11 is 0. The number of halogens is 4. The van der Waals surface area contributed by atoms with Gasteiger partial charge in [-0.2, -0.15) is 18.3 Å². The first-order valence-electron chi connectivity index (χ1n) is 11.4. The average Bonchev–Trinajstić information content (AvgIpc) is 3.15. The van der Waals surface area contributed by atoms with Gasteiger partial charge in [-0.15, -0.1) is 6.58 Å². The van der Waals surface area contributed by atoms with Crippen LogP contribution >= 0.6 is 0 Å². The fourth-order valence-electron chi connectivity index (χ4n) is 4.64. The minimum absolute atomic E-state index is 0.0643. The third kappa shape index (κ3) is 5.33. The van der Waals surface area contributed by atoms with Gasteiger partial charge in [-0.25, -0.2) is 4.39 Å². The number of benzene rings is 1. The molecule has 0 unspecified atom stereocenters. The number of fused-ring (bicyclic) bond motifs is 1. The quantitative estimate of drug-likeness (QED) is 0.511. The van der Waals surface area contributed by atoms with E-state index in [0.29, 0.717) is 44.2 Å². The first-order valence-corrected chi connectivity index (χ1v) is 11.4. The Balaban J connectivity index is 1.50. The third-order valence-electron chi connectivity index (χ3n) is 6.52. The molecule has 0 bridgehead atoms. The van der Waals surface area contributed by atoms with Crippen LogP contribution in [0.2, 0.25) is 0 Å². The third-order valence-corrected chi connectivity index (χ3v) is 6.52. The largest absolute Gasteiger partial charge is 0.416 e. The molecule has 4 rings (SSSR count). The van der Waals surface area contributed by atoms with Crippen molar-refractivity contribution in [2.75, 3.05) is 33.2 Å². The number of alkyl halides is 3. The Kier molecular flexibility index (Phi) is 7.09. The number of allylic oxidation sites excluding steroid dienone is 1.